The smallest absolute Gasteiger partial charge is 0.337 e. The maximum Gasteiger partial charge on any atom is 0.337 e. The molecule has 0 bridgehead atoms. The van der Waals surface area contributed by atoms with E-state index < -0.39 is 5.97 Å². The number of carboxylic acids is 1. The highest BCUT2D eigenvalue weighted by Gasteiger charge is 2.22. The lowest BCUT2D eigenvalue weighted by molar-refractivity contribution is 0.0513. The number of pyridine rings is 1. The summed E-state index contributed by atoms with van der Waals surface area (Å²) in [7, 11) is 2.06. The van der Waals surface area contributed by atoms with Crippen molar-refractivity contribution < 1.29 is 14.6 Å². The van der Waals surface area contributed by atoms with Crippen LogP contribution in [0.3, 0.4) is 0 Å². The second kappa shape index (κ2) is 8.32. The number of para-hydroxylation sites is 1. The molecule has 1 atom stereocenters. The standard InChI is InChI=1S/C23H23N3O3/c1-26(17-5-3-2-4-6-17)18-7-8-19-16(13-18)10-12-29-22(19)15-25-21-14-24-11-9-20(21)23(27)28/h2-9,11,13-14,22,25H,10,12,15H2,1H3,(H,27,28). The minimum Gasteiger partial charge on any atom is -0.478 e. The Kier molecular flexibility index (Phi) is 5.44. The molecule has 1 aromatic heterocycles. The van der Waals surface area contributed by atoms with Gasteiger partial charge in [0.25, 0.3) is 0 Å². The predicted molar refractivity (Wildman–Crippen MR) is 113 cm³/mol. The number of aromatic carboxylic acids is 1. The summed E-state index contributed by atoms with van der Waals surface area (Å²) in [5.41, 5.74) is 5.36. The van der Waals surface area contributed by atoms with Crippen LogP contribution < -0.4 is 10.2 Å². The van der Waals surface area contributed by atoms with Crippen LogP contribution in [0.25, 0.3) is 0 Å². The molecule has 0 aliphatic carbocycles. The summed E-state index contributed by atoms with van der Waals surface area (Å²) >= 11 is 0. The lowest BCUT2D eigenvalue weighted by atomic mass is 9.96. The van der Waals surface area contributed by atoms with Crippen molar-refractivity contribution in [2.75, 3.05) is 30.4 Å². The number of carbonyl (C=O) groups is 1. The maximum absolute atomic E-state index is 11.4. The topological polar surface area (TPSA) is 74.7 Å². The number of fused-ring (bicyclic) bond motifs is 1. The first-order valence-corrected chi connectivity index (χ1v) is 9.58. The number of nitrogens with zero attached hydrogens (tertiary/aromatic N) is 2. The average molecular weight is 389 g/mol. The predicted octanol–water partition coefficient (Wildman–Crippen LogP) is 4.27. The van der Waals surface area contributed by atoms with Gasteiger partial charge in [-0.05, 0) is 47.9 Å². The fourth-order valence-electron chi connectivity index (χ4n) is 3.63. The molecule has 1 aliphatic rings. The number of hydrogen-bond acceptors (Lipinski definition) is 5. The van der Waals surface area contributed by atoms with Gasteiger partial charge in [0.2, 0.25) is 0 Å². The number of nitrogens with one attached hydrogen (secondary N) is 1. The molecule has 2 aromatic carbocycles. The number of anilines is 3. The molecule has 0 amide bonds. The van der Waals surface area contributed by atoms with Crippen molar-refractivity contribution in [2.24, 2.45) is 0 Å². The van der Waals surface area contributed by atoms with E-state index in [9.17, 15) is 9.90 Å². The molecular weight excluding hydrogens is 366 g/mol. The minimum absolute atomic E-state index is 0.142. The van der Waals surface area contributed by atoms with Gasteiger partial charge in [0.05, 0.1) is 30.2 Å². The molecule has 29 heavy (non-hydrogen) atoms. The van der Waals surface area contributed by atoms with Crippen LogP contribution in [0.1, 0.15) is 27.6 Å². The van der Waals surface area contributed by atoms with Gasteiger partial charge >= 0.3 is 5.97 Å². The minimum atomic E-state index is -0.978. The summed E-state index contributed by atoms with van der Waals surface area (Å²) in [6.07, 6.45) is 3.73. The van der Waals surface area contributed by atoms with E-state index in [-0.39, 0.29) is 11.7 Å². The molecule has 0 fully saturated rings. The summed E-state index contributed by atoms with van der Waals surface area (Å²) in [6.45, 7) is 1.11. The molecular formula is C23H23N3O3. The van der Waals surface area contributed by atoms with Crippen LogP contribution in [0.4, 0.5) is 17.1 Å². The molecule has 0 spiro atoms. The normalized spacial score (nSPS) is 15.4. The molecule has 3 aromatic rings. The molecule has 1 aliphatic heterocycles. The molecule has 0 saturated heterocycles. The van der Waals surface area contributed by atoms with Crippen LogP contribution >= 0.6 is 0 Å². The fraction of sp³-hybridized carbons (Fsp3) is 0.217. The number of ether oxygens (including phenoxy) is 1. The first kappa shape index (κ1) is 19.0. The lowest BCUT2D eigenvalue weighted by Crippen LogP contribution is -2.24. The van der Waals surface area contributed by atoms with E-state index in [1.165, 1.54) is 24.0 Å². The molecule has 0 radical (unpaired) electrons. The molecule has 6 heteroatoms. The van der Waals surface area contributed by atoms with Gasteiger partial charge in [-0.1, -0.05) is 24.3 Å². The van der Waals surface area contributed by atoms with Crippen LogP contribution in [0.5, 0.6) is 0 Å². The van der Waals surface area contributed by atoms with Crippen molar-refractivity contribution in [1.29, 1.82) is 0 Å². The highest BCUT2D eigenvalue weighted by atomic mass is 16.5. The van der Waals surface area contributed by atoms with E-state index in [1.807, 2.05) is 18.2 Å². The zero-order valence-corrected chi connectivity index (χ0v) is 16.2. The Balaban J connectivity index is 1.53. The van der Waals surface area contributed by atoms with E-state index >= 15 is 0 Å². The number of aromatic nitrogens is 1. The molecule has 2 heterocycles. The zero-order chi connectivity index (χ0) is 20.2. The Morgan fingerprint density at radius 3 is 2.83 bits per heavy atom. The molecule has 2 N–H and O–H groups in total. The lowest BCUT2D eigenvalue weighted by Gasteiger charge is -2.29. The van der Waals surface area contributed by atoms with Crippen molar-refractivity contribution >= 4 is 23.0 Å². The van der Waals surface area contributed by atoms with Crippen LogP contribution in [0, 0.1) is 0 Å². The quantitative estimate of drug-likeness (QED) is 0.656. The van der Waals surface area contributed by atoms with Crippen molar-refractivity contribution in [3.8, 4) is 0 Å². The van der Waals surface area contributed by atoms with Gasteiger partial charge in [-0.25, -0.2) is 4.79 Å². The van der Waals surface area contributed by atoms with Crippen LogP contribution in [-0.4, -0.2) is 36.3 Å². The van der Waals surface area contributed by atoms with E-state index in [4.69, 9.17) is 4.74 Å². The fourth-order valence-corrected chi connectivity index (χ4v) is 3.63. The van der Waals surface area contributed by atoms with Crippen molar-refractivity contribution in [1.82, 2.24) is 4.98 Å². The molecule has 4 rings (SSSR count). The highest BCUT2D eigenvalue weighted by molar-refractivity contribution is 5.93. The summed E-state index contributed by atoms with van der Waals surface area (Å²) in [6, 6.07) is 18.2. The summed E-state index contributed by atoms with van der Waals surface area (Å²) in [5, 5.41) is 12.5. The first-order chi connectivity index (χ1) is 14.1. The maximum atomic E-state index is 11.4. The Morgan fingerprint density at radius 2 is 2.03 bits per heavy atom. The van der Waals surface area contributed by atoms with E-state index in [0.717, 1.165) is 23.4 Å². The average Bonchev–Trinajstić information content (AvgIpc) is 2.77. The van der Waals surface area contributed by atoms with Crippen molar-refractivity contribution in [3.05, 3.63) is 83.7 Å². The van der Waals surface area contributed by atoms with Gasteiger partial charge in [0.15, 0.2) is 0 Å². The molecule has 0 saturated carbocycles. The van der Waals surface area contributed by atoms with Crippen LogP contribution in [0.2, 0.25) is 0 Å². The Bertz CT molecular complexity index is 1010. The van der Waals surface area contributed by atoms with Crippen LogP contribution in [-0.2, 0) is 11.2 Å². The molecule has 1 unspecified atom stereocenters. The number of rotatable bonds is 6. The first-order valence-electron chi connectivity index (χ1n) is 9.58. The largest absolute Gasteiger partial charge is 0.478 e. The Morgan fingerprint density at radius 1 is 1.21 bits per heavy atom. The van der Waals surface area contributed by atoms with Crippen molar-refractivity contribution in [3.63, 3.8) is 0 Å². The van der Waals surface area contributed by atoms with Gasteiger partial charge < -0.3 is 20.1 Å². The molecule has 148 valence electrons. The zero-order valence-electron chi connectivity index (χ0n) is 16.2. The van der Waals surface area contributed by atoms with Gasteiger partial charge in [0, 0.05) is 31.2 Å². The molecule has 6 nitrogen and oxygen atoms in total. The highest BCUT2D eigenvalue weighted by Crippen LogP contribution is 2.32. The third-order valence-electron chi connectivity index (χ3n) is 5.22. The number of hydrogen-bond donors (Lipinski definition) is 2. The Hall–Kier alpha value is -3.38. The van der Waals surface area contributed by atoms with E-state index in [0.29, 0.717) is 18.8 Å². The van der Waals surface area contributed by atoms with Crippen LogP contribution in [0.15, 0.2) is 67.0 Å². The second-order valence-electron chi connectivity index (χ2n) is 6.99. The third kappa shape index (κ3) is 4.07. The number of carboxylic acid groups (broad SMARTS) is 1. The monoisotopic (exact) mass is 389 g/mol. The second-order valence-corrected chi connectivity index (χ2v) is 6.99. The third-order valence-corrected chi connectivity index (χ3v) is 5.22. The van der Waals surface area contributed by atoms with Gasteiger partial charge in [0.1, 0.15) is 0 Å². The van der Waals surface area contributed by atoms with Gasteiger partial charge in [-0.15, -0.1) is 0 Å². The summed E-state index contributed by atoms with van der Waals surface area (Å²) in [4.78, 5) is 17.6. The number of benzene rings is 2. The van der Waals surface area contributed by atoms with E-state index in [2.05, 4.69) is 52.6 Å². The SMILES string of the molecule is CN(c1ccccc1)c1ccc2c(c1)CCOC2CNc1cnccc1C(=O)O. The van der Waals surface area contributed by atoms with Gasteiger partial charge in [-0.3, -0.25) is 4.98 Å². The van der Waals surface area contributed by atoms with Crippen molar-refractivity contribution in [2.45, 2.75) is 12.5 Å². The Labute approximate surface area is 169 Å². The van der Waals surface area contributed by atoms with E-state index in [1.54, 1.807) is 0 Å². The summed E-state index contributed by atoms with van der Waals surface area (Å²) < 4.78 is 5.97. The van der Waals surface area contributed by atoms with Gasteiger partial charge in [-0.2, -0.15) is 0 Å². The summed E-state index contributed by atoms with van der Waals surface area (Å²) in [5.74, 6) is -0.978.